The second-order valence-electron chi connectivity index (χ2n) is 9.76. The molecule has 0 N–H and O–H groups in total. The van der Waals surface area contributed by atoms with E-state index in [0.717, 1.165) is 48.3 Å². The first kappa shape index (κ1) is 20.1. The van der Waals surface area contributed by atoms with Gasteiger partial charge < -0.3 is 0 Å². The summed E-state index contributed by atoms with van der Waals surface area (Å²) in [5, 5.41) is 9.49. The van der Waals surface area contributed by atoms with E-state index in [-0.39, 0.29) is 11.2 Å². The van der Waals surface area contributed by atoms with Gasteiger partial charge in [0.1, 0.15) is 11.6 Å². The molecule has 7 rings (SSSR count). The van der Waals surface area contributed by atoms with Gasteiger partial charge in [0.25, 0.3) is 0 Å². The zero-order chi connectivity index (χ0) is 21.7. The molecule has 32 heavy (non-hydrogen) atoms. The van der Waals surface area contributed by atoms with Crippen LogP contribution in [0.15, 0.2) is 53.9 Å². The number of benzene rings is 1. The monoisotopic (exact) mass is 448 g/mol. The Hall–Kier alpha value is -2.54. The number of rotatable bonds is 6. The molecular formula is C25H25FN4OS. The molecule has 1 aromatic carbocycles. The molecule has 0 amide bonds. The van der Waals surface area contributed by atoms with Gasteiger partial charge >= 0.3 is 0 Å². The fourth-order valence-electron chi connectivity index (χ4n) is 6.61. The van der Waals surface area contributed by atoms with E-state index in [2.05, 4.69) is 15.2 Å². The van der Waals surface area contributed by atoms with Gasteiger partial charge in [0, 0.05) is 29.1 Å². The molecule has 0 atom stereocenters. The van der Waals surface area contributed by atoms with Crippen molar-refractivity contribution in [3.63, 3.8) is 0 Å². The molecule has 2 aromatic heterocycles. The Bertz CT molecular complexity index is 1110. The number of hydrogen-bond donors (Lipinski definition) is 0. The van der Waals surface area contributed by atoms with Gasteiger partial charge in [0.2, 0.25) is 0 Å². The number of ketones is 1. The van der Waals surface area contributed by atoms with Gasteiger partial charge in [0.05, 0.1) is 5.75 Å². The average Bonchev–Trinajstić information content (AvgIpc) is 3.21. The summed E-state index contributed by atoms with van der Waals surface area (Å²) in [6.07, 6.45) is 10.6. The van der Waals surface area contributed by atoms with Crippen LogP contribution in [-0.4, -0.2) is 31.3 Å². The lowest BCUT2D eigenvalue weighted by atomic mass is 9.48. The third kappa shape index (κ3) is 3.47. The minimum Gasteiger partial charge on any atom is -0.298 e. The Morgan fingerprint density at radius 3 is 2.22 bits per heavy atom. The summed E-state index contributed by atoms with van der Waals surface area (Å²) >= 11 is 1.45. The fraction of sp³-hybridized carbons (Fsp3) is 0.440. The molecule has 3 aromatic rings. The van der Waals surface area contributed by atoms with Gasteiger partial charge in [-0.3, -0.25) is 14.3 Å². The lowest BCUT2D eigenvalue weighted by Gasteiger charge is -2.56. The molecule has 0 saturated heterocycles. The number of nitrogens with zero attached hydrogens (tertiary/aromatic N) is 4. The smallest absolute Gasteiger partial charge is 0.196 e. The number of thioether (sulfide) groups is 1. The maximum absolute atomic E-state index is 13.6. The molecule has 5 nitrogen and oxygen atoms in total. The number of hydrogen-bond acceptors (Lipinski definition) is 5. The van der Waals surface area contributed by atoms with Crippen molar-refractivity contribution in [2.45, 2.75) is 43.7 Å². The highest BCUT2D eigenvalue weighted by Crippen LogP contribution is 2.60. The topological polar surface area (TPSA) is 60.7 Å². The number of pyridine rings is 1. The average molecular weight is 449 g/mol. The molecule has 0 unspecified atom stereocenters. The van der Waals surface area contributed by atoms with E-state index in [1.807, 2.05) is 16.7 Å². The number of aromatic nitrogens is 4. The van der Waals surface area contributed by atoms with Crippen molar-refractivity contribution in [2.75, 3.05) is 5.75 Å². The first-order valence-corrected chi connectivity index (χ1v) is 12.4. The van der Waals surface area contributed by atoms with E-state index in [1.165, 1.54) is 43.2 Å². The van der Waals surface area contributed by atoms with Gasteiger partial charge in [-0.1, -0.05) is 11.8 Å². The fourth-order valence-corrected chi connectivity index (χ4v) is 7.60. The molecule has 4 saturated carbocycles. The molecule has 0 radical (unpaired) electrons. The Labute approximate surface area is 190 Å². The molecule has 0 spiro atoms. The Balaban J connectivity index is 1.29. The van der Waals surface area contributed by atoms with E-state index < -0.39 is 0 Å². The first-order chi connectivity index (χ1) is 15.6. The van der Waals surface area contributed by atoms with Crippen LogP contribution in [0.2, 0.25) is 0 Å². The number of halogens is 1. The lowest BCUT2D eigenvalue weighted by molar-refractivity contribution is -0.141. The second kappa shape index (κ2) is 7.80. The molecule has 7 heteroatoms. The van der Waals surface area contributed by atoms with Crippen LogP contribution in [0.4, 0.5) is 4.39 Å². The van der Waals surface area contributed by atoms with E-state index in [9.17, 15) is 9.18 Å². The third-order valence-corrected chi connectivity index (χ3v) is 8.55. The van der Waals surface area contributed by atoms with Crippen LogP contribution in [0.1, 0.15) is 38.5 Å². The molecule has 4 fully saturated rings. The van der Waals surface area contributed by atoms with Crippen molar-refractivity contribution in [3.05, 3.63) is 54.6 Å². The molecule has 164 valence electrons. The standard InChI is InChI=1S/C25H25FN4OS/c26-20-1-3-21(4-2-20)30-23(19-5-7-27-8-6-19)28-29-24(30)32-15-22(31)25-12-16-9-17(13-25)11-18(10-16)14-25/h1-8,16-18H,9-15H2. The molecular weight excluding hydrogens is 423 g/mol. The zero-order valence-corrected chi connectivity index (χ0v) is 18.6. The van der Waals surface area contributed by atoms with Crippen LogP contribution in [0.3, 0.4) is 0 Å². The maximum Gasteiger partial charge on any atom is 0.196 e. The van der Waals surface area contributed by atoms with Gasteiger partial charge in [-0.25, -0.2) is 4.39 Å². The zero-order valence-electron chi connectivity index (χ0n) is 17.8. The summed E-state index contributed by atoms with van der Waals surface area (Å²) < 4.78 is 15.5. The summed E-state index contributed by atoms with van der Waals surface area (Å²) in [4.78, 5) is 17.6. The van der Waals surface area contributed by atoms with E-state index >= 15 is 0 Å². The molecule has 4 bridgehead atoms. The molecule has 4 aliphatic rings. The molecule has 2 heterocycles. The summed E-state index contributed by atoms with van der Waals surface area (Å²) in [5.74, 6) is 3.38. The minimum absolute atomic E-state index is 0.115. The third-order valence-electron chi connectivity index (χ3n) is 7.62. The normalized spacial score (nSPS) is 28.2. The van der Waals surface area contributed by atoms with Crippen molar-refractivity contribution in [1.29, 1.82) is 0 Å². The largest absolute Gasteiger partial charge is 0.298 e. The Kier molecular flexibility index (Phi) is 4.90. The highest BCUT2D eigenvalue weighted by molar-refractivity contribution is 7.99. The first-order valence-electron chi connectivity index (χ1n) is 11.4. The Morgan fingerprint density at radius 1 is 0.969 bits per heavy atom. The predicted molar refractivity (Wildman–Crippen MR) is 121 cm³/mol. The van der Waals surface area contributed by atoms with Crippen LogP contribution < -0.4 is 0 Å². The van der Waals surface area contributed by atoms with Gasteiger partial charge in [-0.15, -0.1) is 10.2 Å². The second-order valence-corrected chi connectivity index (χ2v) is 10.7. The minimum atomic E-state index is -0.293. The quantitative estimate of drug-likeness (QED) is 0.476. The van der Waals surface area contributed by atoms with Crippen molar-refractivity contribution in [2.24, 2.45) is 23.2 Å². The van der Waals surface area contributed by atoms with Crippen molar-refractivity contribution >= 4 is 17.5 Å². The van der Waals surface area contributed by atoms with E-state index in [4.69, 9.17) is 0 Å². The maximum atomic E-state index is 13.6. The predicted octanol–water partition coefficient (Wildman–Crippen LogP) is 5.35. The van der Waals surface area contributed by atoms with Crippen LogP contribution >= 0.6 is 11.8 Å². The summed E-state index contributed by atoms with van der Waals surface area (Å²) in [5.41, 5.74) is 1.53. The van der Waals surface area contributed by atoms with Crippen LogP contribution in [0, 0.1) is 29.0 Å². The summed E-state index contributed by atoms with van der Waals surface area (Å²) in [6.45, 7) is 0. The number of carbonyl (C=O) groups excluding carboxylic acids is 1. The van der Waals surface area contributed by atoms with Gasteiger partial charge in [-0.2, -0.15) is 0 Å². The highest BCUT2D eigenvalue weighted by Gasteiger charge is 2.54. The summed E-state index contributed by atoms with van der Waals surface area (Å²) in [7, 11) is 0. The molecule has 0 aliphatic heterocycles. The van der Waals surface area contributed by atoms with Gasteiger partial charge in [-0.05, 0) is 92.7 Å². The van der Waals surface area contributed by atoms with Gasteiger partial charge in [0.15, 0.2) is 11.0 Å². The number of carbonyl (C=O) groups is 1. The molecule has 4 aliphatic carbocycles. The number of Topliss-reactive ketones (excluding diaryl/α,β-unsaturated/α-hetero) is 1. The van der Waals surface area contributed by atoms with Crippen LogP contribution in [-0.2, 0) is 4.79 Å². The SMILES string of the molecule is O=C(CSc1nnc(-c2ccncc2)n1-c1ccc(F)cc1)C12CC3CC(CC(C3)C1)C2. The van der Waals surface area contributed by atoms with Crippen molar-refractivity contribution in [3.8, 4) is 17.1 Å². The lowest BCUT2D eigenvalue weighted by Crippen LogP contribution is -2.50. The van der Waals surface area contributed by atoms with Crippen molar-refractivity contribution in [1.82, 2.24) is 19.7 Å². The van der Waals surface area contributed by atoms with Crippen LogP contribution in [0.25, 0.3) is 17.1 Å². The van der Waals surface area contributed by atoms with E-state index in [1.54, 1.807) is 24.5 Å². The summed E-state index contributed by atoms with van der Waals surface area (Å²) in [6, 6.07) is 10.0. The highest BCUT2D eigenvalue weighted by atomic mass is 32.2. The van der Waals surface area contributed by atoms with Crippen molar-refractivity contribution < 1.29 is 9.18 Å². The van der Waals surface area contributed by atoms with Crippen LogP contribution in [0.5, 0.6) is 0 Å². The van der Waals surface area contributed by atoms with E-state index in [0.29, 0.717) is 22.5 Å². The Morgan fingerprint density at radius 2 is 1.59 bits per heavy atom.